The normalized spacial score (nSPS) is 11.5. The van der Waals surface area contributed by atoms with Gasteiger partial charge in [-0.15, -0.1) is 0 Å². The van der Waals surface area contributed by atoms with Crippen LogP contribution in [0.4, 0.5) is 0 Å². The molecule has 1 atom stereocenters. The number of carbonyl (C=O) groups is 2. The molecule has 0 radical (unpaired) electrons. The molecule has 3 aromatic carbocycles. The SMILES string of the molecule is CCCNC(=O)[C@@H](Cc1ccccc1)N(Cc1ccc(Cl)cc1)C(=O)CCc1ccc(OCC)c(OCC)c1. The van der Waals surface area contributed by atoms with Crippen LogP contribution >= 0.6 is 11.6 Å². The first-order valence-corrected chi connectivity index (χ1v) is 14.1. The lowest BCUT2D eigenvalue weighted by Crippen LogP contribution is -2.50. The molecular formula is C32H39ClN2O4. The van der Waals surface area contributed by atoms with E-state index in [4.69, 9.17) is 21.1 Å². The molecule has 2 amide bonds. The highest BCUT2D eigenvalue weighted by molar-refractivity contribution is 6.30. The van der Waals surface area contributed by atoms with E-state index in [0.717, 1.165) is 23.1 Å². The minimum Gasteiger partial charge on any atom is -0.490 e. The van der Waals surface area contributed by atoms with Gasteiger partial charge in [-0.3, -0.25) is 9.59 Å². The molecule has 0 fully saturated rings. The molecule has 7 heteroatoms. The third kappa shape index (κ3) is 9.32. The molecule has 39 heavy (non-hydrogen) atoms. The molecule has 0 aliphatic rings. The zero-order valence-corrected chi connectivity index (χ0v) is 23.9. The van der Waals surface area contributed by atoms with Gasteiger partial charge in [0.1, 0.15) is 6.04 Å². The van der Waals surface area contributed by atoms with Gasteiger partial charge in [0.15, 0.2) is 11.5 Å². The van der Waals surface area contributed by atoms with Crippen LogP contribution in [-0.2, 0) is 29.0 Å². The summed E-state index contributed by atoms with van der Waals surface area (Å²) in [5.74, 6) is 1.12. The average molecular weight is 551 g/mol. The predicted octanol–water partition coefficient (Wildman–Crippen LogP) is 6.24. The smallest absolute Gasteiger partial charge is 0.243 e. The summed E-state index contributed by atoms with van der Waals surface area (Å²) in [6.45, 7) is 7.79. The van der Waals surface area contributed by atoms with Crippen LogP contribution in [0.15, 0.2) is 72.8 Å². The highest BCUT2D eigenvalue weighted by atomic mass is 35.5. The number of halogens is 1. The van der Waals surface area contributed by atoms with Gasteiger partial charge < -0.3 is 19.7 Å². The summed E-state index contributed by atoms with van der Waals surface area (Å²) in [6, 6.07) is 22.3. The molecule has 0 unspecified atom stereocenters. The third-order valence-corrected chi connectivity index (χ3v) is 6.57. The fourth-order valence-corrected chi connectivity index (χ4v) is 4.48. The quantitative estimate of drug-likeness (QED) is 0.243. The molecule has 0 saturated carbocycles. The van der Waals surface area contributed by atoms with Crippen molar-refractivity contribution >= 4 is 23.4 Å². The zero-order chi connectivity index (χ0) is 28.0. The van der Waals surface area contributed by atoms with Gasteiger partial charge in [-0.2, -0.15) is 0 Å². The largest absolute Gasteiger partial charge is 0.490 e. The molecule has 0 spiro atoms. The number of hydrogen-bond donors (Lipinski definition) is 1. The maximum atomic E-state index is 13.8. The number of carbonyl (C=O) groups excluding carboxylic acids is 2. The summed E-state index contributed by atoms with van der Waals surface area (Å²) in [6.07, 6.45) is 2.00. The van der Waals surface area contributed by atoms with Crippen LogP contribution in [0, 0.1) is 0 Å². The summed E-state index contributed by atoms with van der Waals surface area (Å²) < 4.78 is 11.4. The van der Waals surface area contributed by atoms with Crippen LogP contribution in [0.1, 0.15) is 50.3 Å². The Bertz CT molecular complexity index is 1180. The molecule has 0 bridgehead atoms. The van der Waals surface area contributed by atoms with Gasteiger partial charge in [0.25, 0.3) is 0 Å². The molecule has 0 aliphatic heterocycles. The molecule has 0 heterocycles. The minimum atomic E-state index is -0.651. The van der Waals surface area contributed by atoms with Crippen molar-refractivity contribution in [2.24, 2.45) is 0 Å². The zero-order valence-electron chi connectivity index (χ0n) is 23.1. The van der Waals surface area contributed by atoms with Crippen molar-refractivity contribution in [3.05, 3.63) is 94.5 Å². The second-order valence-corrected chi connectivity index (χ2v) is 9.73. The minimum absolute atomic E-state index is 0.0932. The molecule has 6 nitrogen and oxygen atoms in total. The van der Waals surface area contributed by atoms with Gasteiger partial charge in [0.2, 0.25) is 11.8 Å². The van der Waals surface area contributed by atoms with E-state index in [-0.39, 0.29) is 18.2 Å². The van der Waals surface area contributed by atoms with Crippen LogP contribution in [0.5, 0.6) is 11.5 Å². The van der Waals surface area contributed by atoms with Crippen molar-refractivity contribution in [3.8, 4) is 11.5 Å². The lowest BCUT2D eigenvalue weighted by molar-refractivity contribution is -0.141. The number of ether oxygens (including phenoxy) is 2. The van der Waals surface area contributed by atoms with Gasteiger partial charge in [-0.25, -0.2) is 0 Å². The monoisotopic (exact) mass is 550 g/mol. The third-order valence-electron chi connectivity index (χ3n) is 6.32. The molecule has 0 aliphatic carbocycles. The second-order valence-electron chi connectivity index (χ2n) is 9.29. The van der Waals surface area contributed by atoms with Crippen molar-refractivity contribution in [1.29, 1.82) is 0 Å². The summed E-state index contributed by atoms with van der Waals surface area (Å²) in [5.41, 5.74) is 2.88. The Morgan fingerprint density at radius 3 is 2.18 bits per heavy atom. The van der Waals surface area contributed by atoms with Crippen LogP contribution in [0.2, 0.25) is 5.02 Å². The maximum absolute atomic E-state index is 13.8. The van der Waals surface area contributed by atoms with E-state index >= 15 is 0 Å². The van der Waals surface area contributed by atoms with Gasteiger partial charge in [0, 0.05) is 31.0 Å². The molecule has 3 aromatic rings. The number of nitrogens with one attached hydrogen (secondary N) is 1. The number of amides is 2. The number of rotatable bonds is 15. The number of benzene rings is 3. The second kappa shape index (κ2) is 15.8. The number of hydrogen-bond acceptors (Lipinski definition) is 4. The number of aryl methyl sites for hydroxylation is 1. The first kappa shape index (κ1) is 30.0. The first-order valence-electron chi connectivity index (χ1n) is 13.7. The summed E-state index contributed by atoms with van der Waals surface area (Å²) in [5, 5.41) is 3.64. The van der Waals surface area contributed by atoms with Crippen LogP contribution in [-0.4, -0.2) is 42.5 Å². The Hall–Kier alpha value is -3.51. The number of nitrogens with zero attached hydrogens (tertiary/aromatic N) is 1. The Morgan fingerprint density at radius 1 is 0.846 bits per heavy atom. The average Bonchev–Trinajstić information content (AvgIpc) is 2.95. The Kier molecular flexibility index (Phi) is 12.2. The van der Waals surface area contributed by atoms with Crippen molar-refractivity contribution < 1.29 is 19.1 Å². The Balaban J connectivity index is 1.87. The standard InChI is InChI=1S/C32H39ClN2O4/c1-4-20-34-32(37)28(21-24-10-8-7-9-11-24)35(23-26-12-16-27(33)17-13-26)31(36)19-15-25-14-18-29(38-5-2)30(22-25)39-6-3/h7-14,16-18,22,28H,4-6,15,19-21,23H2,1-3H3,(H,34,37)/t28-/m1/s1. The highest BCUT2D eigenvalue weighted by Gasteiger charge is 2.30. The summed E-state index contributed by atoms with van der Waals surface area (Å²) in [7, 11) is 0. The molecular weight excluding hydrogens is 512 g/mol. The van der Waals surface area contributed by atoms with Crippen molar-refractivity contribution in [1.82, 2.24) is 10.2 Å². The fraction of sp³-hybridized carbons (Fsp3) is 0.375. The Labute approximate surface area is 237 Å². The van der Waals surface area contributed by atoms with Gasteiger partial charge in [0.05, 0.1) is 13.2 Å². The summed E-state index contributed by atoms with van der Waals surface area (Å²) in [4.78, 5) is 29.0. The van der Waals surface area contributed by atoms with E-state index in [2.05, 4.69) is 5.32 Å². The highest BCUT2D eigenvalue weighted by Crippen LogP contribution is 2.29. The first-order chi connectivity index (χ1) is 18.9. The van der Waals surface area contributed by atoms with E-state index in [0.29, 0.717) is 55.7 Å². The molecule has 3 rings (SSSR count). The van der Waals surface area contributed by atoms with Crippen molar-refractivity contribution in [2.75, 3.05) is 19.8 Å². The van der Waals surface area contributed by atoms with Crippen molar-refractivity contribution in [3.63, 3.8) is 0 Å². The molecule has 1 N–H and O–H groups in total. The van der Waals surface area contributed by atoms with Gasteiger partial charge in [-0.05, 0) is 67.6 Å². The molecule has 208 valence electrons. The van der Waals surface area contributed by atoms with Gasteiger partial charge in [-0.1, -0.05) is 67.1 Å². The van der Waals surface area contributed by atoms with Crippen LogP contribution < -0.4 is 14.8 Å². The fourth-order valence-electron chi connectivity index (χ4n) is 4.35. The van der Waals surface area contributed by atoms with Crippen LogP contribution in [0.3, 0.4) is 0 Å². The van der Waals surface area contributed by atoms with E-state index in [1.54, 1.807) is 17.0 Å². The van der Waals surface area contributed by atoms with E-state index in [1.165, 1.54) is 0 Å². The van der Waals surface area contributed by atoms with Crippen LogP contribution in [0.25, 0.3) is 0 Å². The maximum Gasteiger partial charge on any atom is 0.243 e. The molecule has 0 aromatic heterocycles. The topological polar surface area (TPSA) is 67.9 Å². The lowest BCUT2D eigenvalue weighted by atomic mass is 10.0. The van der Waals surface area contributed by atoms with E-state index in [9.17, 15) is 9.59 Å². The van der Waals surface area contributed by atoms with E-state index < -0.39 is 6.04 Å². The van der Waals surface area contributed by atoms with E-state index in [1.807, 2.05) is 81.4 Å². The van der Waals surface area contributed by atoms with Crippen molar-refractivity contribution in [2.45, 2.75) is 59.0 Å². The molecule has 0 saturated heterocycles. The van der Waals surface area contributed by atoms with Gasteiger partial charge >= 0.3 is 0 Å². The Morgan fingerprint density at radius 2 is 1.51 bits per heavy atom. The summed E-state index contributed by atoms with van der Waals surface area (Å²) >= 11 is 6.11. The predicted molar refractivity (Wildman–Crippen MR) is 156 cm³/mol. The lowest BCUT2D eigenvalue weighted by Gasteiger charge is -2.31.